The van der Waals surface area contributed by atoms with Crippen molar-refractivity contribution in [2.45, 2.75) is 84.0 Å². The van der Waals surface area contributed by atoms with Crippen LogP contribution in [0, 0.1) is 5.92 Å². The molecule has 1 saturated carbocycles. The van der Waals surface area contributed by atoms with Gasteiger partial charge in [-0.1, -0.05) is 92.8 Å². The topological polar surface area (TPSA) is 32.8 Å². The Kier molecular flexibility index (Phi) is 9.37. The number of likely N-dealkylation sites (N-methyl/N-ethyl adjacent to an activating group) is 1. The SMILES string of the molecule is CN(C[C@H](CC1CCCCC1)N(Cc1ccccc1)Cc1ccccc1)C(=O)OC(C)(C)C. The molecule has 1 aliphatic rings. The van der Waals surface area contributed by atoms with Gasteiger partial charge in [0.05, 0.1) is 0 Å². The van der Waals surface area contributed by atoms with Crippen molar-refractivity contribution >= 4 is 6.09 Å². The Hall–Kier alpha value is -2.33. The van der Waals surface area contributed by atoms with E-state index in [4.69, 9.17) is 4.74 Å². The average molecular weight is 451 g/mol. The zero-order valence-electron chi connectivity index (χ0n) is 21.0. The second kappa shape index (κ2) is 12.2. The molecule has 180 valence electrons. The molecule has 0 N–H and O–H groups in total. The Morgan fingerprint density at radius 3 is 1.91 bits per heavy atom. The number of hydrogen-bond acceptors (Lipinski definition) is 3. The van der Waals surface area contributed by atoms with Crippen molar-refractivity contribution in [1.82, 2.24) is 9.80 Å². The van der Waals surface area contributed by atoms with Gasteiger partial charge in [-0.3, -0.25) is 4.90 Å². The lowest BCUT2D eigenvalue weighted by Gasteiger charge is -2.38. The lowest BCUT2D eigenvalue weighted by Crippen LogP contribution is -2.46. The van der Waals surface area contributed by atoms with Gasteiger partial charge in [-0.05, 0) is 44.2 Å². The molecule has 0 aromatic heterocycles. The summed E-state index contributed by atoms with van der Waals surface area (Å²) >= 11 is 0. The second-order valence-corrected chi connectivity index (χ2v) is 10.6. The maximum Gasteiger partial charge on any atom is 0.410 e. The van der Waals surface area contributed by atoms with E-state index >= 15 is 0 Å². The highest BCUT2D eigenvalue weighted by molar-refractivity contribution is 5.67. The molecular formula is C29H42N2O2. The van der Waals surface area contributed by atoms with Crippen molar-refractivity contribution < 1.29 is 9.53 Å². The Labute approximate surface area is 200 Å². The van der Waals surface area contributed by atoms with Crippen LogP contribution in [0.25, 0.3) is 0 Å². The van der Waals surface area contributed by atoms with Gasteiger partial charge in [-0.25, -0.2) is 4.79 Å². The minimum absolute atomic E-state index is 0.240. The fourth-order valence-electron chi connectivity index (χ4n) is 4.83. The summed E-state index contributed by atoms with van der Waals surface area (Å²) in [5.74, 6) is 0.727. The standard InChI is InChI=1S/C29H42N2O2/c1-29(2,3)33-28(32)30(4)23-27(20-24-14-8-5-9-15-24)31(21-25-16-10-6-11-17-25)22-26-18-12-7-13-19-26/h6-7,10-13,16-19,24,27H,5,8-9,14-15,20-23H2,1-4H3/t27-/m0/s1. The van der Waals surface area contributed by atoms with E-state index in [1.165, 1.54) is 43.2 Å². The molecule has 0 radical (unpaired) electrons. The lowest BCUT2D eigenvalue weighted by atomic mass is 9.84. The van der Waals surface area contributed by atoms with Crippen LogP contribution in [0.1, 0.15) is 70.4 Å². The van der Waals surface area contributed by atoms with Gasteiger partial charge < -0.3 is 9.64 Å². The molecule has 1 aliphatic carbocycles. The number of benzene rings is 2. The number of rotatable bonds is 9. The first kappa shape index (κ1) is 25.3. The summed E-state index contributed by atoms with van der Waals surface area (Å²) in [6.45, 7) is 8.19. The molecule has 4 nitrogen and oxygen atoms in total. The molecule has 3 rings (SSSR count). The molecule has 1 fully saturated rings. The zero-order chi connectivity index (χ0) is 23.7. The molecule has 0 aliphatic heterocycles. The number of ether oxygens (including phenoxy) is 1. The highest BCUT2D eigenvalue weighted by Gasteiger charge is 2.28. The number of carbonyl (C=O) groups excluding carboxylic acids is 1. The molecule has 0 heterocycles. The van der Waals surface area contributed by atoms with E-state index in [2.05, 4.69) is 65.6 Å². The molecule has 2 aromatic carbocycles. The maximum atomic E-state index is 12.8. The molecule has 0 unspecified atom stereocenters. The predicted octanol–water partition coefficient (Wildman–Crippen LogP) is 6.89. The van der Waals surface area contributed by atoms with Crippen LogP contribution >= 0.6 is 0 Å². The van der Waals surface area contributed by atoms with E-state index in [9.17, 15) is 4.79 Å². The number of amides is 1. The number of nitrogens with zero attached hydrogens (tertiary/aromatic N) is 2. The largest absolute Gasteiger partial charge is 0.444 e. The lowest BCUT2D eigenvalue weighted by molar-refractivity contribution is 0.0211. The van der Waals surface area contributed by atoms with Crippen molar-refractivity contribution in [3.63, 3.8) is 0 Å². The van der Waals surface area contributed by atoms with Gasteiger partial charge in [-0.15, -0.1) is 0 Å². The smallest absolute Gasteiger partial charge is 0.410 e. The van der Waals surface area contributed by atoms with Crippen molar-refractivity contribution in [2.75, 3.05) is 13.6 Å². The van der Waals surface area contributed by atoms with Crippen LogP contribution in [0.4, 0.5) is 4.79 Å². The van der Waals surface area contributed by atoms with E-state index in [0.717, 1.165) is 25.4 Å². The molecule has 2 aromatic rings. The van der Waals surface area contributed by atoms with Gasteiger partial charge in [0.15, 0.2) is 0 Å². The first-order valence-corrected chi connectivity index (χ1v) is 12.6. The maximum absolute atomic E-state index is 12.8. The third-order valence-corrected chi connectivity index (χ3v) is 6.49. The van der Waals surface area contributed by atoms with E-state index in [1.54, 1.807) is 4.90 Å². The quantitative estimate of drug-likeness (QED) is 0.417. The van der Waals surface area contributed by atoms with Crippen LogP contribution < -0.4 is 0 Å². The van der Waals surface area contributed by atoms with Gasteiger partial charge >= 0.3 is 6.09 Å². The minimum Gasteiger partial charge on any atom is -0.444 e. The van der Waals surface area contributed by atoms with Crippen LogP contribution in [0.3, 0.4) is 0 Å². The fraction of sp³-hybridized carbons (Fsp3) is 0.552. The van der Waals surface area contributed by atoms with Crippen molar-refractivity contribution in [3.8, 4) is 0 Å². The minimum atomic E-state index is -0.488. The van der Waals surface area contributed by atoms with Gasteiger partial charge in [0.25, 0.3) is 0 Å². The summed E-state index contributed by atoms with van der Waals surface area (Å²) in [5, 5.41) is 0. The van der Waals surface area contributed by atoms with Gasteiger partial charge in [-0.2, -0.15) is 0 Å². The third kappa shape index (κ3) is 8.85. The molecule has 1 amide bonds. The summed E-state index contributed by atoms with van der Waals surface area (Å²) in [5.41, 5.74) is 2.13. The molecule has 0 spiro atoms. The normalized spacial score (nSPS) is 15.9. The summed E-state index contributed by atoms with van der Waals surface area (Å²) in [7, 11) is 1.88. The number of carbonyl (C=O) groups is 1. The van der Waals surface area contributed by atoms with Gasteiger partial charge in [0, 0.05) is 32.7 Å². The van der Waals surface area contributed by atoms with Crippen LogP contribution in [0.5, 0.6) is 0 Å². The highest BCUT2D eigenvalue weighted by Crippen LogP contribution is 2.30. The van der Waals surface area contributed by atoms with Gasteiger partial charge in [0.2, 0.25) is 0 Å². The van der Waals surface area contributed by atoms with Crippen LogP contribution in [0.2, 0.25) is 0 Å². The molecule has 0 saturated heterocycles. The molecule has 1 atom stereocenters. The Morgan fingerprint density at radius 2 is 1.42 bits per heavy atom. The number of hydrogen-bond donors (Lipinski definition) is 0. The van der Waals surface area contributed by atoms with Crippen molar-refractivity contribution in [3.05, 3.63) is 71.8 Å². The Bertz CT molecular complexity index is 784. The molecule has 33 heavy (non-hydrogen) atoms. The fourth-order valence-corrected chi connectivity index (χ4v) is 4.83. The van der Waals surface area contributed by atoms with E-state index < -0.39 is 5.60 Å². The van der Waals surface area contributed by atoms with Crippen LogP contribution in [0.15, 0.2) is 60.7 Å². The van der Waals surface area contributed by atoms with Gasteiger partial charge in [0.1, 0.15) is 5.60 Å². The van der Waals surface area contributed by atoms with Crippen LogP contribution in [-0.2, 0) is 17.8 Å². The summed E-state index contributed by atoms with van der Waals surface area (Å²) in [6.07, 6.45) is 7.50. The van der Waals surface area contributed by atoms with E-state index in [1.807, 2.05) is 27.8 Å². The molecule has 0 bridgehead atoms. The summed E-state index contributed by atoms with van der Waals surface area (Å²) in [4.78, 5) is 17.2. The monoisotopic (exact) mass is 450 g/mol. The first-order valence-electron chi connectivity index (χ1n) is 12.6. The average Bonchev–Trinajstić information content (AvgIpc) is 2.79. The first-order chi connectivity index (χ1) is 15.8. The van der Waals surface area contributed by atoms with Crippen molar-refractivity contribution in [2.24, 2.45) is 5.92 Å². The molecular weight excluding hydrogens is 408 g/mol. The summed E-state index contributed by atoms with van der Waals surface area (Å²) < 4.78 is 5.68. The highest BCUT2D eigenvalue weighted by atomic mass is 16.6. The van der Waals surface area contributed by atoms with Crippen LogP contribution in [-0.4, -0.2) is 41.1 Å². The molecule has 4 heteroatoms. The third-order valence-electron chi connectivity index (χ3n) is 6.49. The van der Waals surface area contributed by atoms with E-state index in [-0.39, 0.29) is 12.1 Å². The van der Waals surface area contributed by atoms with E-state index in [0.29, 0.717) is 6.54 Å². The Balaban J connectivity index is 1.83. The Morgan fingerprint density at radius 1 is 0.909 bits per heavy atom. The zero-order valence-corrected chi connectivity index (χ0v) is 21.0. The predicted molar refractivity (Wildman–Crippen MR) is 136 cm³/mol. The summed E-state index contributed by atoms with van der Waals surface area (Å²) in [6, 6.07) is 21.7. The van der Waals surface area contributed by atoms with Crippen molar-refractivity contribution in [1.29, 1.82) is 0 Å². The second-order valence-electron chi connectivity index (χ2n) is 10.6.